The van der Waals surface area contributed by atoms with Gasteiger partial charge in [-0.1, -0.05) is 19.1 Å². The summed E-state index contributed by atoms with van der Waals surface area (Å²) in [4.78, 5) is 10.0. The number of pyridine rings is 1. The molecule has 2 fully saturated rings. The van der Waals surface area contributed by atoms with E-state index in [1.165, 1.54) is 16.8 Å². The third kappa shape index (κ3) is 4.39. The number of rotatable bonds is 4. The Bertz CT molecular complexity index is 1290. The summed E-state index contributed by atoms with van der Waals surface area (Å²) in [5.41, 5.74) is 4.83. The van der Waals surface area contributed by atoms with Crippen molar-refractivity contribution in [3.05, 3.63) is 59.7 Å². The van der Waals surface area contributed by atoms with Gasteiger partial charge in [0, 0.05) is 50.3 Å². The summed E-state index contributed by atoms with van der Waals surface area (Å²) >= 11 is 0. The lowest BCUT2D eigenvalue weighted by Gasteiger charge is -2.37. The standard InChI is InChI=1S/C27H34N4O2S/c1-20-11-13-31(14-12-20)34(32,33)24-8-9-25-23(19-24)7-10-27(28-25)30-17-15-29(16-18-30)26-6-4-5-21(2)22(26)3/h4-10,19-20H,11-18H2,1-3H3. The normalized spacial score (nSPS) is 18.6. The number of piperidine rings is 1. The Labute approximate surface area is 203 Å². The molecule has 0 N–H and O–H groups in total. The Hall–Kier alpha value is -2.64. The first kappa shape index (κ1) is 23.1. The van der Waals surface area contributed by atoms with Gasteiger partial charge in [-0.2, -0.15) is 4.31 Å². The lowest BCUT2D eigenvalue weighted by atomic mass is 10.0. The van der Waals surface area contributed by atoms with E-state index < -0.39 is 10.0 Å². The summed E-state index contributed by atoms with van der Waals surface area (Å²) in [7, 11) is -3.46. The number of hydrogen-bond donors (Lipinski definition) is 0. The molecular weight excluding hydrogens is 444 g/mol. The molecule has 6 nitrogen and oxygen atoms in total. The zero-order valence-electron chi connectivity index (χ0n) is 20.4. The first-order valence-electron chi connectivity index (χ1n) is 12.3. The maximum absolute atomic E-state index is 13.1. The second kappa shape index (κ2) is 9.19. The van der Waals surface area contributed by atoms with E-state index in [2.05, 4.69) is 48.8 Å². The molecule has 0 bridgehead atoms. The predicted octanol–water partition coefficient (Wildman–Crippen LogP) is 4.60. The average molecular weight is 479 g/mol. The van der Waals surface area contributed by atoms with Gasteiger partial charge in [-0.05, 0) is 80.1 Å². The van der Waals surface area contributed by atoms with Crippen molar-refractivity contribution >= 4 is 32.4 Å². The first-order chi connectivity index (χ1) is 16.3. The van der Waals surface area contributed by atoms with Crippen molar-refractivity contribution in [3.63, 3.8) is 0 Å². The molecule has 0 aliphatic carbocycles. The third-order valence-electron chi connectivity index (χ3n) is 7.55. The highest BCUT2D eigenvalue weighted by atomic mass is 32.2. The summed E-state index contributed by atoms with van der Waals surface area (Å²) in [5, 5.41) is 0.865. The van der Waals surface area contributed by atoms with Gasteiger partial charge in [0.1, 0.15) is 5.82 Å². The van der Waals surface area contributed by atoms with E-state index in [1.807, 2.05) is 18.2 Å². The Balaban J connectivity index is 1.31. The Kier molecular flexibility index (Phi) is 6.25. The fourth-order valence-corrected chi connectivity index (χ4v) is 6.56. The van der Waals surface area contributed by atoms with Gasteiger partial charge < -0.3 is 9.80 Å². The van der Waals surface area contributed by atoms with Crippen molar-refractivity contribution in [3.8, 4) is 0 Å². The number of aromatic nitrogens is 1. The molecule has 3 aromatic rings. The van der Waals surface area contributed by atoms with Gasteiger partial charge in [-0.15, -0.1) is 0 Å². The van der Waals surface area contributed by atoms with Crippen LogP contribution in [0.5, 0.6) is 0 Å². The van der Waals surface area contributed by atoms with Gasteiger partial charge in [-0.25, -0.2) is 13.4 Å². The number of anilines is 2. The van der Waals surface area contributed by atoms with Crippen LogP contribution >= 0.6 is 0 Å². The van der Waals surface area contributed by atoms with Crippen LogP contribution in [0.3, 0.4) is 0 Å². The molecule has 180 valence electrons. The summed E-state index contributed by atoms with van der Waals surface area (Å²) in [6.07, 6.45) is 1.85. The second-order valence-corrected chi connectivity index (χ2v) is 11.7. The molecule has 2 aromatic carbocycles. The van der Waals surface area contributed by atoms with E-state index in [0.29, 0.717) is 23.9 Å². The monoisotopic (exact) mass is 478 g/mol. The number of fused-ring (bicyclic) bond motifs is 1. The summed E-state index contributed by atoms with van der Waals surface area (Å²) in [6.45, 7) is 11.5. The van der Waals surface area contributed by atoms with Gasteiger partial charge in [0.25, 0.3) is 0 Å². The number of piperazine rings is 1. The molecule has 0 unspecified atom stereocenters. The Morgan fingerprint density at radius 3 is 2.29 bits per heavy atom. The van der Waals surface area contributed by atoms with E-state index >= 15 is 0 Å². The van der Waals surface area contributed by atoms with Crippen LogP contribution in [0.1, 0.15) is 30.9 Å². The Morgan fingerprint density at radius 1 is 0.853 bits per heavy atom. The van der Waals surface area contributed by atoms with E-state index in [-0.39, 0.29) is 0 Å². The van der Waals surface area contributed by atoms with Crippen LogP contribution in [0.2, 0.25) is 0 Å². The van der Waals surface area contributed by atoms with Crippen molar-refractivity contribution in [1.29, 1.82) is 0 Å². The molecule has 0 amide bonds. The van der Waals surface area contributed by atoms with Crippen molar-refractivity contribution < 1.29 is 8.42 Å². The topological polar surface area (TPSA) is 56.8 Å². The number of aryl methyl sites for hydroxylation is 1. The fraction of sp³-hybridized carbons (Fsp3) is 0.444. The van der Waals surface area contributed by atoms with Gasteiger partial charge in [0.2, 0.25) is 10.0 Å². The molecule has 34 heavy (non-hydrogen) atoms. The van der Waals surface area contributed by atoms with Gasteiger partial charge in [0.05, 0.1) is 10.4 Å². The maximum Gasteiger partial charge on any atom is 0.243 e. The predicted molar refractivity (Wildman–Crippen MR) is 139 cm³/mol. The molecule has 3 heterocycles. The van der Waals surface area contributed by atoms with Crippen molar-refractivity contribution in [2.24, 2.45) is 5.92 Å². The van der Waals surface area contributed by atoms with E-state index in [4.69, 9.17) is 4.98 Å². The molecule has 2 saturated heterocycles. The zero-order valence-corrected chi connectivity index (χ0v) is 21.2. The van der Waals surface area contributed by atoms with Crippen molar-refractivity contribution in [2.45, 2.75) is 38.5 Å². The average Bonchev–Trinajstić information content (AvgIpc) is 2.85. The number of sulfonamides is 1. The molecule has 0 saturated carbocycles. The summed E-state index contributed by atoms with van der Waals surface area (Å²) in [6, 6.07) is 15.9. The van der Waals surface area contributed by atoms with Crippen LogP contribution < -0.4 is 9.80 Å². The molecule has 2 aliphatic heterocycles. The highest BCUT2D eigenvalue weighted by molar-refractivity contribution is 7.89. The molecule has 7 heteroatoms. The minimum Gasteiger partial charge on any atom is -0.368 e. The smallest absolute Gasteiger partial charge is 0.243 e. The van der Waals surface area contributed by atoms with Gasteiger partial charge in [-0.3, -0.25) is 0 Å². The summed E-state index contributed by atoms with van der Waals surface area (Å²) in [5.74, 6) is 1.54. The highest BCUT2D eigenvalue weighted by Gasteiger charge is 2.28. The quantitative estimate of drug-likeness (QED) is 0.549. The van der Waals surface area contributed by atoms with Crippen LogP contribution in [-0.2, 0) is 10.0 Å². The van der Waals surface area contributed by atoms with E-state index in [1.54, 1.807) is 16.4 Å². The SMILES string of the molecule is Cc1cccc(N2CCN(c3ccc4cc(S(=O)(=O)N5CCC(C)CC5)ccc4n3)CC2)c1C. The molecule has 0 atom stereocenters. The number of hydrogen-bond acceptors (Lipinski definition) is 5. The number of benzene rings is 2. The lowest BCUT2D eigenvalue weighted by molar-refractivity contribution is 0.288. The molecular formula is C27H34N4O2S. The van der Waals surface area contributed by atoms with E-state index in [9.17, 15) is 8.42 Å². The minimum atomic E-state index is -3.46. The third-order valence-corrected chi connectivity index (χ3v) is 9.44. The summed E-state index contributed by atoms with van der Waals surface area (Å²) < 4.78 is 27.9. The second-order valence-electron chi connectivity index (χ2n) is 9.80. The van der Waals surface area contributed by atoms with E-state index in [0.717, 1.165) is 55.7 Å². The molecule has 0 spiro atoms. The fourth-order valence-electron chi connectivity index (χ4n) is 5.06. The van der Waals surface area contributed by atoms with Crippen molar-refractivity contribution in [1.82, 2.24) is 9.29 Å². The molecule has 0 radical (unpaired) electrons. The number of nitrogens with zero attached hydrogens (tertiary/aromatic N) is 4. The van der Waals surface area contributed by atoms with Crippen LogP contribution in [-0.4, -0.2) is 57.0 Å². The van der Waals surface area contributed by atoms with Crippen LogP contribution in [0.25, 0.3) is 10.9 Å². The maximum atomic E-state index is 13.1. The first-order valence-corrected chi connectivity index (χ1v) is 13.7. The van der Waals surface area contributed by atoms with Gasteiger partial charge in [0.15, 0.2) is 0 Å². The highest BCUT2D eigenvalue weighted by Crippen LogP contribution is 2.28. The van der Waals surface area contributed by atoms with Crippen LogP contribution in [0.15, 0.2) is 53.4 Å². The zero-order chi connectivity index (χ0) is 23.9. The minimum absolute atomic E-state index is 0.367. The molecule has 1 aromatic heterocycles. The van der Waals surface area contributed by atoms with Gasteiger partial charge >= 0.3 is 0 Å². The largest absolute Gasteiger partial charge is 0.368 e. The molecule has 5 rings (SSSR count). The molecule has 2 aliphatic rings. The van der Waals surface area contributed by atoms with Crippen LogP contribution in [0.4, 0.5) is 11.5 Å². The van der Waals surface area contributed by atoms with Crippen molar-refractivity contribution in [2.75, 3.05) is 49.1 Å². The lowest BCUT2D eigenvalue weighted by Crippen LogP contribution is -2.47. The van der Waals surface area contributed by atoms with Crippen LogP contribution in [0, 0.1) is 19.8 Å². The Morgan fingerprint density at radius 2 is 1.56 bits per heavy atom.